The molecular weight excluding hydrogens is 232 g/mol. The SMILES string of the molecule is Cc1nc(C(=O)Nc2nccc(Cl)n2)n[nH]1. The number of amides is 1. The topological polar surface area (TPSA) is 96.5 Å². The monoisotopic (exact) mass is 238 g/mol. The maximum Gasteiger partial charge on any atom is 0.297 e. The molecule has 2 aromatic heterocycles. The molecule has 7 nitrogen and oxygen atoms in total. The van der Waals surface area contributed by atoms with Crippen molar-refractivity contribution in [1.82, 2.24) is 25.1 Å². The van der Waals surface area contributed by atoms with Crippen molar-refractivity contribution in [1.29, 1.82) is 0 Å². The molecule has 16 heavy (non-hydrogen) atoms. The summed E-state index contributed by atoms with van der Waals surface area (Å²) in [4.78, 5) is 23.0. The van der Waals surface area contributed by atoms with Crippen LogP contribution in [0.25, 0.3) is 0 Å². The lowest BCUT2D eigenvalue weighted by Crippen LogP contribution is -2.15. The van der Waals surface area contributed by atoms with Crippen LogP contribution >= 0.6 is 11.6 Å². The van der Waals surface area contributed by atoms with Gasteiger partial charge in [0.25, 0.3) is 5.91 Å². The number of rotatable bonds is 2. The Balaban J connectivity index is 2.13. The lowest BCUT2D eigenvalue weighted by atomic mass is 10.5. The van der Waals surface area contributed by atoms with Crippen LogP contribution in [0.5, 0.6) is 0 Å². The van der Waals surface area contributed by atoms with Gasteiger partial charge in [-0.15, -0.1) is 5.10 Å². The molecule has 0 aliphatic rings. The Kier molecular flexibility index (Phi) is 2.78. The van der Waals surface area contributed by atoms with Crippen molar-refractivity contribution >= 4 is 23.5 Å². The van der Waals surface area contributed by atoms with Crippen molar-refractivity contribution < 1.29 is 4.79 Å². The molecule has 0 fully saturated rings. The summed E-state index contributed by atoms with van der Waals surface area (Å²) in [6.07, 6.45) is 1.44. The zero-order valence-electron chi connectivity index (χ0n) is 8.23. The number of carbonyl (C=O) groups is 1. The Hall–Kier alpha value is -2.02. The van der Waals surface area contributed by atoms with Crippen LogP contribution in [0.2, 0.25) is 5.15 Å². The van der Waals surface area contributed by atoms with Crippen molar-refractivity contribution in [2.45, 2.75) is 6.92 Å². The Bertz CT molecular complexity index is 525. The van der Waals surface area contributed by atoms with Crippen molar-refractivity contribution in [3.05, 3.63) is 29.1 Å². The number of anilines is 1. The van der Waals surface area contributed by atoms with Crippen molar-refractivity contribution in [3.63, 3.8) is 0 Å². The Morgan fingerprint density at radius 2 is 2.31 bits per heavy atom. The quantitative estimate of drug-likeness (QED) is 0.755. The highest BCUT2D eigenvalue weighted by atomic mass is 35.5. The molecule has 0 aliphatic heterocycles. The number of nitrogens with zero attached hydrogens (tertiary/aromatic N) is 4. The Morgan fingerprint density at radius 1 is 1.50 bits per heavy atom. The lowest BCUT2D eigenvalue weighted by molar-refractivity contribution is 0.101. The highest BCUT2D eigenvalue weighted by molar-refractivity contribution is 6.29. The number of hydrogen-bond donors (Lipinski definition) is 2. The molecule has 0 saturated heterocycles. The molecule has 2 heterocycles. The third-order valence-electron chi connectivity index (χ3n) is 1.65. The predicted molar refractivity (Wildman–Crippen MR) is 56.1 cm³/mol. The molecule has 0 aliphatic carbocycles. The Morgan fingerprint density at radius 3 is 2.94 bits per heavy atom. The smallest absolute Gasteiger partial charge is 0.288 e. The van der Waals surface area contributed by atoms with E-state index in [4.69, 9.17) is 11.6 Å². The number of H-pyrrole nitrogens is 1. The van der Waals surface area contributed by atoms with E-state index in [1.165, 1.54) is 12.3 Å². The first-order valence-electron chi connectivity index (χ1n) is 4.34. The summed E-state index contributed by atoms with van der Waals surface area (Å²) in [5.41, 5.74) is 0. The number of halogens is 1. The van der Waals surface area contributed by atoms with Gasteiger partial charge in [0, 0.05) is 6.20 Å². The third-order valence-corrected chi connectivity index (χ3v) is 1.86. The second-order valence-corrected chi connectivity index (χ2v) is 3.29. The van der Waals surface area contributed by atoms with Crippen molar-refractivity contribution in [2.24, 2.45) is 0 Å². The van der Waals surface area contributed by atoms with Gasteiger partial charge in [-0.2, -0.15) is 0 Å². The maximum atomic E-state index is 11.6. The van der Waals surface area contributed by atoms with Gasteiger partial charge in [-0.1, -0.05) is 11.6 Å². The molecule has 1 amide bonds. The number of carbonyl (C=O) groups excluding carboxylic acids is 1. The van der Waals surface area contributed by atoms with E-state index in [1.54, 1.807) is 6.92 Å². The molecule has 82 valence electrons. The largest absolute Gasteiger partial charge is 0.297 e. The van der Waals surface area contributed by atoms with Gasteiger partial charge >= 0.3 is 0 Å². The van der Waals surface area contributed by atoms with Gasteiger partial charge in [0.15, 0.2) is 0 Å². The normalized spacial score (nSPS) is 10.1. The number of hydrogen-bond acceptors (Lipinski definition) is 5. The molecular formula is C8H7ClN6O. The molecule has 2 N–H and O–H groups in total. The average Bonchev–Trinajstić information content (AvgIpc) is 2.65. The Labute approximate surface area is 95.3 Å². The highest BCUT2D eigenvalue weighted by Crippen LogP contribution is 2.06. The summed E-state index contributed by atoms with van der Waals surface area (Å²) < 4.78 is 0. The molecule has 0 saturated carbocycles. The molecule has 0 radical (unpaired) electrons. The minimum absolute atomic E-state index is 0.0288. The maximum absolute atomic E-state index is 11.6. The second kappa shape index (κ2) is 4.23. The molecule has 0 spiro atoms. The van der Waals surface area contributed by atoms with E-state index in [2.05, 4.69) is 30.5 Å². The number of aromatic amines is 1. The summed E-state index contributed by atoms with van der Waals surface area (Å²) in [5.74, 6) is 0.199. The summed E-state index contributed by atoms with van der Waals surface area (Å²) in [5, 5.41) is 8.92. The zero-order chi connectivity index (χ0) is 11.5. The summed E-state index contributed by atoms with van der Waals surface area (Å²) >= 11 is 5.64. The molecule has 0 unspecified atom stereocenters. The van der Waals surface area contributed by atoms with Gasteiger partial charge < -0.3 is 0 Å². The lowest BCUT2D eigenvalue weighted by Gasteiger charge is -1.99. The minimum Gasteiger partial charge on any atom is -0.288 e. The fraction of sp³-hybridized carbons (Fsp3) is 0.125. The van der Waals surface area contributed by atoms with Gasteiger partial charge in [0.05, 0.1) is 0 Å². The number of aryl methyl sites for hydroxylation is 1. The van der Waals surface area contributed by atoms with E-state index < -0.39 is 5.91 Å². The molecule has 0 bridgehead atoms. The van der Waals surface area contributed by atoms with E-state index in [0.29, 0.717) is 5.82 Å². The fourth-order valence-electron chi connectivity index (χ4n) is 0.999. The first kappa shape index (κ1) is 10.5. The minimum atomic E-state index is -0.494. The molecule has 2 aromatic rings. The average molecular weight is 239 g/mol. The second-order valence-electron chi connectivity index (χ2n) is 2.90. The van der Waals surface area contributed by atoms with Crippen LogP contribution in [0.1, 0.15) is 16.4 Å². The van der Waals surface area contributed by atoms with Gasteiger partial charge in [-0.05, 0) is 13.0 Å². The first-order chi connectivity index (χ1) is 7.65. The van der Waals surface area contributed by atoms with Crippen LogP contribution in [0.15, 0.2) is 12.3 Å². The van der Waals surface area contributed by atoms with Crippen LogP contribution in [0, 0.1) is 6.92 Å². The molecule has 8 heteroatoms. The van der Waals surface area contributed by atoms with Gasteiger partial charge in [-0.3, -0.25) is 15.2 Å². The van der Waals surface area contributed by atoms with Crippen molar-refractivity contribution in [2.75, 3.05) is 5.32 Å². The fourth-order valence-corrected chi connectivity index (χ4v) is 1.13. The van der Waals surface area contributed by atoms with Gasteiger partial charge in [0.2, 0.25) is 11.8 Å². The van der Waals surface area contributed by atoms with E-state index in [9.17, 15) is 4.79 Å². The third kappa shape index (κ3) is 2.31. The number of nitrogens with one attached hydrogen (secondary N) is 2. The van der Waals surface area contributed by atoms with E-state index in [1.807, 2.05) is 0 Å². The highest BCUT2D eigenvalue weighted by Gasteiger charge is 2.12. The zero-order valence-corrected chi connectivity index (χ0v) is 8.99. The summed E-state index contributed by atoms with van der Waals surface area (Å²) in [6.45, 7) is 1.69. The number of aromatic nitrogens is 5. The summed E-state index contributed by atoms with van der Waals surface area (Å²) in [7, 11) is 0. The standard InChI is InChI=1S/C8H7ClN6O/c1-4-11-6(15-14-4)7(16)13-8-10-3-2-5(9)12-8/h2-3H,1H3,(H,11,14,15)(H,10,12,13,16). The first-order valence-corrected chi connectivity index (χ1v) is 4.72. The van der Waals surface area contributed by atoms with Gasteiger partial charge in [0.1, 0.15) is 11.0 Å². The van der Waals surface area contributed by atoms with Crippen LogP contribution in [0.3, 0.4) is 0 Å². The van der Waals surface area contributed by atoms with E-state index >= 15 is 0 Å². The van der Waals surface area contributed by atoms with E-state index in [0.717, 1.165) is 0 Å². The van der Waals surface area contributed by atoms with Crippen LogP contribution < -0.4 is 5.32 Å². The summed E-state index contributed by atoms with van der Waals surface area (Å²) in [6, 6.07) is 1.51. The van der Waals surface area contributed by atoms with E-state index in [-0.39, 0.29) is 16.9 Å². The molecule has 0 atom stereocenters. The molecule has 0 aromatic carbocycles. The molecule has 2 rings (SSSR count). The predicted octanol–water partition coefficient (Wildman–Crippen LogP) is 0.809. The van der Waals surface area contributed by atoms with Gasteiger partial charge in [-0.25, -0.2) is 15.0 Å². The van der Waals surface area contributed by atoms with Crippen LogP contribution in [-0.4, -0.2) is 31.1 Å². The van der Waals surface area contributed by atoms with Crippen molar-refractivity contribution in [3.8, 4) is 0 Å². The van der Waals surface area contributed by atoms with Crippen LogP contribution in [-0.2, 0) is 0 Å². The van der Waals surface area contributed by atoms with Crippen LogP contribution in [0.4, 0.5) is 5.95 Å².